The Balaban J connectivity index is 1.33. The van der Waals surface area contributed by atoms with Gasteiger partial charge in [-0.05, 0) is 49.2 Å². The van der Waals surface area contributed by atoms with Crippen molar-refractivity contribution >= 4 is 35.1 Å². The van der Waals surface area contributed by atoms with E-state index in [0.29, 0.717) is 16.8 Å². The van der Waals surface area contributed by atoms with E-state index >= 15 is 0 Å². The zero-order chi connectivity index (χ0) is 24.0. The Kier molecular flexibility index (Phi) is 5.24. The molecule has 0 spiro atoms. The van der Waals surface area contributed by atoms with E-state index in [0.717, 1.165) is 21.7 Å². The summed E-state index contributed by atoms with van der Waals surface area (Å²) in [5.74, 6) is -1.91. The summed E-state index contributed by atoms with van der Waals surface area (Å²) in [6, 6.07) is 18.7. The van der Waals surface area contributed by atoms with E-state index in [2.05, 4.69) is 0 Å². The highest BCUT2D eigenvalue weighted by atomic mass is 16.5. The smallest absolute Gasteiger partial charge is 0.316 e. The highest BCUT2D eigenvalue weighted by Crippen LogP contribution is 2.33. The van der Waals surface area contributed by atoms with Gasteiger partial charge in [-0.15, -0.1) is 0 Å². The molecule has 0 bridgehead atoms. The zero-order valence-electron chi connectivity index (χ0n) is 18.8. The number of carbonyl (C=O) groups is 4. The third-order valence-electron chi connectivity index (χ3n) is 6.26. The van der Waals surface area contributed by atoms with Crippen LogP contribution in [0.3, 0.4) is 0 Å². The average molecular weight is 454 g/mol. The lowest BCUT2D eigenvalue weighted by Crippen LogP contribution is -2.29. The number of fused-ring (bicyclic) bond motifs is 1. The number of amides is 3. The quantitative estimate of drug-likeness (QED) is 0.337. The number of esters is 1. The molecular weight excluding hydrogens is 432 g/mol. The maximum Gasteiger partial charge on any atom is 0.316 e. The molecule has 1 saturated heterocycles. The Bertz CT molecular complexity index is 1310. The van der Waals surface area contributed by atoms with Gasteiger partial charge in [0.15, 0.2) is 0 Å². The molecule has 0 saturated carbocycles. The van der Waals surface area contributed by atoms with Crippen LogP contribution in [0.2, 0.25) is 0 Å². The van der Waals surface area contributed by atoms with Gasteiger partial charge in [0.05, 0.1) is 22.7 Å². The van der Waals surface area contributed by atoms with Crippen LogP contribution in [0.15, 0.2) is 66.7 Å². The fourth-order valence-electron chi connectivity index (χ4n) is 4.62. The fraction of sp³-hybridized carbons (Fsp3) is 0.185. The van der Waals surface area contributed by atoms with Crippen LogP contribution in [0.5, 0.6) is 5.75 Å². The highest BCUT2D eigenvalue weighted by molar-refractivity contribution is 6.34. The molecular formula is C27H22N2O5. The molecule has 7 heteroatoms. The molecule has 5 rings (SSSR count). The Morgan fingerprint density at radius 1 is 0.853 bits per heavy atom. The van der Waals surface area contributed by atoms with Gasteiger partial charge < -0.3 is 9.64 Å². The molecule has 3 aromatic carbocycles. The summed E-state index contributed by atoms with van der Waals surface area (Å²) >= 11 is 0. The monoisotopic (exact) mass is 454 g/mol. The largest absolute Gasteiger partial charge is 0.426 e. The summed E-state index contributed by atoms with van der Waals surface area (Å²) in [5, 5.41) is 0. The molecule has 3 aromatic rings. The summed E-state index contributed by atoms with van der Waals surface area (Å²) in [4.78, 5) is 53.8. The normalized spacial score (nSPS) is 17.4. The van der Waals surface area contributed by atoms with Crippen molar-refractivity contribution in [2.45, 2.75) is 20.3 Å². The van der Waals surface area contributed by atoms with E-state index < -0.39 is 23.7 Å². The second-order valence-electron chi connectivity index (χ2n) is 8.56. The predicted octanol–water partition coefficient (Wildman–Crippen LogP) is 4.06. The first-order valence-corrected chi connectivity index (χ1v) is 11.0. The Morgan fingerprint density at radius 3 is 2.12 bits per heavy atom. The minimum atomic E-state index is -0.616. The molecule has 0 aliphatic carbocycles. The van der Waals surface area contributed by atoms with Gasteiger partial charge in [0.1, 0.15) is 5.75 Å². The Labute approximate surface area is 196 Å². The number of para-hydroxylation sites is 1. The number of nitrogens with zero attached hydrogens (tertiary/aromatic N) is 2. The minimum Gasteiger partial charge on any atom is -0.426 e. The number of benzene rings is 3. The molecule has 3 amide bonds. The maximum atomic E-state index is 12.9. The van der Waals surface area contributed by atoms with Gasteiger partial charge in [0.2, 0.25) is 5.91 Å². The lowest BCUT2D eigenvalue weighted by molar-refractivity contribution is -0.139. The third-order valence-corrected chi connectivity index (χ3v) is 6.26. The van der Waals surface area contributed by atoms with Crippen LogP contribution >= 0.6 is 0 Å². The minimum absolute atomic E-state index is 0.0602. The van der Waals surface area contributed by atoms with E-state index in [1.54, 1.807) is 47.4 Å². The van der Waals surface area contributed by atoms with Gasteiger partial charge in [-0.3, -0.25) is 19.2 Å². The van der Waals surface area contributed by atoms with Gasteiger partial charge in [0.25, 0.3) is 11.8 Å². The van der Waals surface area contributed by atoms with Gasteiger partial charge in [0, 0.05) is 24.7 Å². The number of carbonyl (C=O) groups excluding carboxylic acids is 4. The van der Waals surface area contributed by atoms with E-state index in [4.69, 9.17) is 4.74 Å². The molecule has 1 atom stereocenters. The van der Waals surface area contributed by atoms with Crippen LogP contribution in [0.25, 0.3) is 0 Å². The van der Waals surface area contributed by atoms with E-state index in [9.17, 15) is 19.2 Å². The first-order chi connectivity index (χ1) is 16.3. The lowest BCUT2D eigenvalue weighted by atomic mass is 10.1. The first-order valence-electron chi connectivity index (χ1n) is 11.0. The van der Waals surface area contributed by atoms with Gasteiger partial charge >= 0.3 is 5.97 Å². The van der Waals surface area contributed by atoms with Crippen molar-refractivity contribution in [1.29, 1.82) is 0 Å². The van der Waals surface area contributed by atoms with E-state index in [-0.39, 0.29) is 24.6 Å². The van der Waals surface area contributed by atoms with E-state index in [1.165, 1.54) is 6.07 Å². The fourth-order valence-corrected chi connectivity index (χ4v) is 4.62. The van der Waals surface area contributed by atoms with Crippen LogP contribution in [-0.4, -0.2) is 30.2 Å². The number of imide groups is 1. The number of ether oxygens (including phenoxy) is 1. The van der Waals surface area contributed by atoms with Gasteiger partial charge in [-0.2, -0.15) is 0 Å². The molecule has 1 fully saturated rings. The standard InChI is InChI=1S/C27H22N2O5/c1-16-7-5-8-17(2)24(16)28-15-18(13-23(28)30)27(33)34-20-10-6-9-19(14-20)29-25(31)21-11-3-4-12-22(21)26(29)32/h3-12,14,18H,13,15H2,1-2H3/t18-/m1/s1. The summed E-state index contributed by atoms with van der Waals surface area (Å²) in [6.07, 6.45) is 0.0602. The van der Waals surface area contributed by atoms with Crippen LogP contribution in [0.1, 0.15) is 38.3 Å². The van der Waals surface area contributed by atoms with Crippen molar-refractivity contribution in [2.75, 3.05) is 16.3 Å². The van der Waals surface area contributed by atoms with Crippen LogP contribution in [0, 0.1) is 19.8 Å². The van der Waals surface area contributed by atoms with Crippen LogP contribution < -0.4 is 14.5 Å². The topological polar surface area (TPSA) is 84.0 Å². The molecule has 0 aromatic heterocycles. The Morgan fingerprint density at radius 2 is 1.47 bits per heavy atom. The number of hydrogen-bond donors (Lipinski definition) is 0. The SMILES string of the molecule is Cc1cccc(C)c1N1C[C@H](C(=O)Oc2cccc(N3C(=O)c4ccccc4C3=O)c2)CC1=O. The van der Waals surface area contributed by atoms with Crippen molar-refractivity contribution in [3.63, 3.8) is 0 Å². The highest BCUT2D eigenvalue weighted by Gasteiger charge is 2.38. The van der Waals surface area contributed by atoms with Gasteiger partial charge in [-0.25, -0.2) is 4.90 Å². The van der Waals surface area contributed by atoms with Crippen LogP contribution in [-0.2, 0) is 9.59 Å². The number of aryl methyl sites for hydroxylation is 2. The second kappa shape index (κ2) is 8.26. The maximum absolute atomic E-state index is 12.9. The first kappa shape index (κ1) is 21.6. The molecule has 2 aliphatic heterocycles. The molecule has 34 heavy (non-hydrogen) atoms. The molecule has 0 unspecified atom stereocenters. The second-order valence-corrected chi connectivity index (χ2v) is 8.56. The van der Waals surface area contributed by atoms with Crippen molar-refractivity contribution in [3.8, 4) is 5.75 Å². The van der Waals surface area contributed by atoms with Crippen molar-refractivity contribution in [2.24, 2.45) is 5.92 Å². The van der Waals surface area contributed by atoms with E-state index in [1.807, 2.05) is 32.0 Å². The lowest BCUT2D eigenvalue weighted by Gasteiger charge is -2.21. The average Bonchev–Trinajstić information content (AvgIpc) is 3.32. The van der Waals surface area contributed by atoms with Crippen LogP contribution in [0.4, 0.5) is 11.4 Å². The molecule has 2 heterocycles. The molecule has 2 aliphatic rings. The molecule has 7 nitrogen and oxygen atoms in total. The molecule has 170 valence electrons. The summed E-state index contributed by atoms with van der Waals surface area (Å²) in [5.41, 5.74) is 3.76. The van der Waals surface area contributed by atoms with Crippen molar-refractivity contribution in [1.82, 2.24) is 0 Å². The molecule has 0 radical (unpaired) electrons. The zero-order valence-corrected chi connectivity index (χ0v) is 18.8. The molecule has 0 N–H and O–H groups in total. The summed E-state index contributed by atoms with van der Waals surface area (Å²) in [6.45, 7) is 4.11. The number of hydrogen-bond acceptors (Lipinski definition) is 5. The summed E-state index contributed by atoms with van der Waals surface area (Å²) < 4.78 is 5.57. The Hall–Kier alpha value is -4.26. The summed E-state index contributed by atoms with van der Waals surface area (Å²) in [7, 11) is 0. The predicted molar refractivity (Wildman–Crippen MR) is 126 cm³/mol. The van der Waals surface area contributed by atoms with Crippen molar-refractivity contribution in [3.05, 3.63) is 89.0 Å². The number of anilines is 2. The van der Waals surface area contributed by atoms with Gasteiger partial charge in [-0.1, -0.05) is 36.4 Å². The number of rotatable bonds is 4. The van der Waals surface area contributed by atoms with Crippen molar-refractivity contribution < 1.29 is 23.9 Å². The third kappa shape index (κ3) is 3.55.